The third kappa shape index (κ3) is 3.85. The number of piperidine rings is 1. The fourth-order valence-electron chi connectivity index (χ4n) is 2.49. The predicted molar refractivity (Wildman–Crippen MR) is 79.4 cm³/mol. The largest absolute Gasteiger partial charge is 0.478 e. The molecule has 1 fully saturated rings. The number of allylic oxidation sites excluding steroid dienone is 1. The first kappa shape index (κ1) is 14.2. The van der Waals surface area contributed by atoms with Crippen molar-refractivity contribution in [1.82, 2.24) is 5.32 Å². The number of thioether (sulfide) groups is 1. The van der Waals surface area contributed by atoms with E-state index in [9.17, 15) is 4.79 Å². The van der Waals surface area contributed by atoms with E-state index in [4.69, 9.17) is 5.11 Å². The lowest BCUT2D eigenvalue weighted by molar-refractivity contribution is -0.131. The summed E-state index contributed by atoms with van der Waals surface area (Å²) in [5, 5.41) is 12.4. The van der Waals surface area contributed by atoms with Crippen molar-refractivity contribution >= 4 is 23.3 Å². The van der Waals surface area contributed by atoms with Crippen LogP contribution in [0.15, 0.2) is 35.2 Å². The Bertz CT molecular complexity index is 462. The molecule has 2 rings (SSSR count). The molecule has 1 aliphatic heterocycles. The zero-order valence-electron chi connectivity index (χ0n) is 11.1. The molecule has 1 heterocycles. The Morgan fingerprint density at radius 3 is 2.47 bits per heavy atom. The van der Waals surface area contributed by atoms with E-state index < -0.39 is 5.97 Å². The van der Waals surface area contributed by atoms with Gasteiger partial charge in [-0.3, -0.25) is 0 Å². The van der Waals surface area contributed by atoms with E-state index in [2.05, 4.69) is 17.4 Å². The molecule has 3 nitrogen and oxygen atoms in total. The van der Waals surface area contributed by atoms with Gasteiger partial charge in [0.25, 0.3) is 0 Å². The molecular weight excluding hydrogens is 258 g/mol. The first-order chi connectivity index (χ1) is 9.20. The summed E-state index contributed by atoms with van der Waals surface area (Å²) in [7, 11) is 0. The molecule has 102 valence electrons. The molecule has 2 N–H and O–H groups in total. The van der Waals surface area contributed by atoms with Crippen molar-refractivity contribution in [2.75, 3.05) is 19.3 Å². The second-order valence-corrected chi connectivity index (χ2v) is 5.57. The Hall–Kier alpha value is -1.26. The molecule has 0 radical (unpaired) electrons. The van der Waals surface area contributed by atoms with E-state index in [1.165, 1.54) is 11.0 Å². The van der Waals surface area contributed by atoms with E-state index in [0.29, 0.717) is 5.92 Å². The summed E-state index contributed by atoms with van der Waals surface area (Å²) >= 11 is 1.69. The molecule has 1 aromatic rings. The lowest BCUT2D eigenvalue weighted by atomic mass is 9.85. The van der Waals surface area contributed by atoms with Crippen LogP contribution in [-0.2, 0) is 4.79 Å². The minimum Gasteiger partial charge on any atom is -0.478 e. The van der Waals surface area contributed by atoms with Gasteiger partial charge in [-0.2, -0.15) is 0 Å². The molecule has 19 heavy (non-hydrogen) atoms. The minimum absolute atomic E-state index is 0.345. The Morgan fingerprint density at radius 1 is 1.32 bits per heavy atom. The average molecular weight is 277 g/mol. The minimum atomic E-state index is -0.859. The van der Waals surface area contributed by atoms with Crippen LogP contribution >= 0.6 is 11.8 Å². The smallest absolute Gasteiger partial charge is 0.328 e. The maximum atomic E-state index is 11.1. The third-order valence-corrected chi connectivity index (χ3v) is 4.22. The van der Waals surface area contributed by atoms with Crippen molar-refractivity contribution in [2.45, 2.75) is 17.7 Å². The summed E-state index contributed by atoms with van der Waals surface area (Å²) in [5.41, 5.74) is 1.99. The molecule has 4 heteroatoms. The normalized spacial score (nSPS) is 17.4. The van der Waals surface area contributed by atoms with Crippen molar-refractivity contribution in [2.24, 2.45) is 5.92 Å². The lowest BCUT2D eigenvalue weighted by Crippen LogP contribution is -2.28. The number of hydrogen-bond donors (Lipinski definition) is 2. The van der Waals surface area contributed by atoms with Crippen LogP contribution in [0.5, 0.6) is 0 Å². The van der Waals surface area contributed by atoms with Crippen LogP contribution in [0.4, 0.5) is 0 Å². The molecule has 0 atom stereocenters. The SMILES string of the molecule is CSc1ccc(/C(=C/C(=O)O)C2CCNCC2)cc1. The van der Waals surface area contributed by atoms with E-state index >= 15 is 0 Å². The Balaban J connectivity index is 2.28. The van der Waals surface area contributed by atoms with E-state index in [-0.39, 0.29) is 0 Å². The summed E-state index contributed by atoms with van der Waals surface area (Å²) in [5.74, 6) is -0.514. The second kappa shape index (κ2) is 6.78. The summed E-state index contributed by atoms with van der Waals surface area (Å²) in [6.45, 7) is 1.93. The van der Waals surface area contributed by atoms with Gasteiger partial charge in [0.1, 0.15) is 0 Å². The van der Waals surface area contributed by atoms with Crippen LogP contribution in [0.1, 0.15) is 18.4 Å². The third-order valence-electron chi connectivity index (χ3n) is 3.48. The fourth-order valence-corrected chi connectivity index (χ4v) is 2.89. The number of carboxylic acids is 1. The number of hydrogen-bond acceptors (Lipinski definition) is 3. The van der Waals surface area contributed by atoms with Crippen LogP contribution < -0.4 is 5.32 Å². The van der Waals surface area contributed by atoms with Gasteiger partial charge in [-0.25, -0.2) is 4.79 Å². The van der Waals surface area contributed by atoms with Crippen molar-refractivity contribution in [3.63, 3.8) is 0 Å². The molecule has 0 aliphatic carbocycles. The monoisotopic (exact) mass is 277 g/mol. The highest BCUT2D eigenvalue weighted by Crippen LogP contribution is 2.31. The Labute approximate surface area is 118 Å². The number of benzene rings is 1. The van der Waals surface area contributed by atoms with Gasteiger partial charge in [-0.1, -0.05) is 12.1 Å². The lowest BCUT2D eigenvalue weighted by Gasteiger charge is -2.25. The van der Waals surface area contributed by atoms with Crippen LogP contribution in [0.25, 0.3) is 5.57 Å². The molecule has 1 aromatic carbocycles. The van der Waals surface area contributed by atoms with Crippen LogP contribution in [-0.4, -0.2) is 30.4 Å². The first-order valence-electron chi connectivity index (χ1n) is 6.50. The molecular formula is C15H19NO2S. The number of aliphatic carboxylic acids is 1. The molecule has 1 aliphatic rings. The maximum Gasteiger partial charge on any atom is 0.328 e. The summed E-state index contributed by atoms with van der Waals surface area (Å²) in [4.78, 5) is 12.3. The quantitative estimate of drug-likeness (QED) is 0.656. The van der Waals surface area contributed by atoms with Gasteiger partial charge in [0.05, 0.1) is 0 Å². The van der Waals surface area contributed by atoms with Crippen LogP contribution in [0.2, 0.25) is 0 Å². The van der Waals surface area contributed by atoms with E-state index in [1.807, 2.05) is 18.4 Å². The Kier molecular flexibility index (Phi) is 5.05. The molecule has 0 spiro atoms. The zero-order chi connectivity index (χ0) is 13.7. The average Bonchev–Trinajstić information content (AvgIpc) is 2.46. The topological polar surface area (TPSA) is 49.3 Å². The molecule has 0 amide bonds. The van der Waals surface area contributed by atoms with Crippen LogP contribution in [0.3, 0.4) is 0 Å². The van der Waals surface area contributed by atoms with Crippen LogP contribution in [0, 0.1) is 5.92 Å². The summed E-state index contributed by atoms with van der Waals surface area (Å²) in [6.07, 6.45) is 5.42. The number of carbonyl (C=O) groups is 1. The van der Waals surface area contributed by atoms with Gasteiger partial charge in [0.15, 0.2) is 0 Å². The number of nitrogens with one attached hydrogen (secondary N) is 1. The van der Waals surface area contributed by atoms with Crippen molar-refractivity contribution in [3.05, 3.63) is 35.9 Å². The molecule has 1 saturated heterocycles. The summed E-state index contributed by atoms with van der Waals surface area (Å²) < 4.78 is 0. The van der Waals surface area contributed by atoms with Gasteiger partial charge in [0, 0.05) is 11.0 Å². The summed E-state index contributed by atoms with van der Waals surface area (Å²) in [6, 6.07) is 8.17. The van der Waals surface area contributed by atoms with Gasteiger partial charge in [-0.15, -0.1) is 11.8 Å². The molecule has 0 aromatic heterocycles. The molecule has 0 unspecified atom stereocenters. The van der Waals surface area contributed by atoms with Crippen molar-refractivity contribution < 1.29 is 9.90 Å². The number of rotatable bonds is 4. The molecule has 0 bridgehead atoms. The zero-order valence-corrected chi connectivity index (χ0v) is 11.9. The van der Waals surface area contributed by atoms with E-state index in [0.717, 1.165) is 37.1 Å². The highest BCUT2D eigenvalue weighted by molar-refractivity contribution is 7.98. The number of carboxylic acid groups (broad SMARTS) is 1. The van der Waals surface area contributed by atoms with Gasteiger partial charge in [0.2, 0.25) is 0 Å². The Morgan fingerprint density at radius 2 is 1.95 bits per heavy atom. The maximum absolute atomic E-state index is 11.1. The first-order valence-corrected chi connectivity index (χ1v) is 7.73. The standard InChI is InChI=1S/C15H19NO2S/c1-19-13-4-2-11(3-5-13)14(10-15(17)18)12-6-8-16-9-7-12/h2-5,10,12,16H,6-9H2,1H3,(H,17,18)/b14-10-. The highest BCUT2D eigenvalue weighted by atomic mass is 32.2. The van der Waals surface area contributed by atoms with Crippen molar-refractivity contribution in [1.29, 1.82) is 0 Å². The second-order valence-electron chi connectivity index (χ2n) is 4.69. The fraction of sp³-hybridized carbons (Fsp3) is 0.400. The van der Waals surface area contributed by atoms with E-state index in [1.54, 1.807) is 11.8 Å². The van der Waals surface area contributed by atoms with Gasteiger partial charge in [-0.05, 0) is 61.4 Å². The molecule has 0 saturated carbocycles. The van der Waals surface area contributed by atoms with Crippen molar-refractivity contribution in [3.8, 4) is 0 Å². The highest BCUT2D eigenvalue weighted by Gasteiger charge is 2.19. The van der Waals surface area contributed by atoms with Gasteiger partial charge >= 0.3 is 5.97 Å². The predicted octanol–water partition coefficient (Wildman–Crippen LogP) is 2.88. The van der Waals surface area contributed by atoms with Gasteiger partial charge < -0.3 is 10.4 Å².